The second-order valence-corrected chi connectivity index (χ2v) is 10.2. The number of nitrogens with zero attached hydrogens (tertiary/aromatic N) is 2. The third-order valence-corrected chi connectivity index (χ3v) is 7.77. The minimum atomic E-state index is -0.404. The Balaban J connectivity index is 1.42. The summed E-state index contributed by atoms with van der Waals surface area (Å²) in [6.45, 7) is 2.05. The first-order valence-corrected chi connectivity index (χ1v) is 11.0. The van der Waals surface area contributed by atoms with Gasteiger partial charge in [-0.2, -0.15) is 0 Å². The number of nitrogens with one attached hydrogen (secondary N) is 1. The molecule has 5 nitrogen and oxygen atoms in total. The average molecular weight is 452 g/mol. The Hall–Kier alpha value is -1.38. The lowest BCUT2D eigenvalue weighted by Gasteiger charge is -2.29. The van der Waals surface area contributed by atoms with Crippen molar-refractivity contribution in [1.82, 2.24) is 9.88 Å². The van der Waals surface area contributed by atoms with Crippen molar-refractivity contribution in [2.45, 2.75) is 37.1 Å². The van der Waals surface area contributed by atoms with Crippen LogP contribution < -0.4 is 5.32 Å². The zero-order valence-corrected chi connectivity index (χ0v) is 17.4. The van der Waals surface area contributed by atoms with Gasteiger partial charge in [0.25, 0.3) is 0 Å². The molecule has 0 saturated carbocycles. The Labute approximate surface area is 168 Å². The molecule has 8 heteroatoms. The van der Waals surface area contributed by atoms with Crippen LogP contribution in [0.15, 0.2) is 34.9 Å². The van der Waals surface area contributed by atoms with Crippen LogP contribution in [0.2, 0.25) is 0 Å². The van der Waals surface area contributed by atoms with Crippen LogP contribution in [-0.4, -0.2) is 38.4 Å². The Morgan fingerprint density at radius 1 is 1.42 bits per heavy atom. The molecule has 2 aliphatic heterocycles. The van der Waals surface area contributed by atoms with Crippen molar-refractivity contribution in [3.8, 4) is 0 Å². The zero-order chi connectivity index (χ0) is 18.3. The zero-order valence-electron chi connectivity index (χ0n) is 14.2. The van der Waals surface area contributed by atoms with E-state index in [9.17, 15) is 9.59 Å². The molecule has 3 heterocycles. The molecule has 2 fully saturated rings. The van der Waals surface area contributed by atoms with Crippen molar-refractivity contribution >= 4 is 56.0 Å². The Morgan fingerprint density at radius 3 is 2.96 bits per heavy atom. The van der Waals surface area contributed by atoms with Crippen LogP contribution in [0.4, 0.5) is 5.13 Å². The lowest BCUT2D eigenvalue weighted by molar-refractivity contribution is -0.135. The summed E-state index contributed by atoms with van der Waals surface area (Å²) >= 11 is 6.61. The summed E-state index contributed by atoms with van der Waals surface area (Å²) in [6, 6.07) is 7.76. The van der Waals surface area contributed by atoms with Crippen LogP contribution in [0.1, 0.15) is 30.2 Å². The molecule has 26 heavy (non-hydrogen) atoms. The van der Waals surface area contributed by atoms with E-state index in [0.717, 1.165) is 22.2 Å². The van der Waals surface area contributed by atoms with Crippen LogP contribution in [0.25, 0.3) is 0 Å². The second kappa shape index (κ2) is 6.98. The average Bonchev–Trinajstić information content (AvgIpc) is 3.26. The van der Waals surface area contributed by atoms with E-state index in [-0.39, 0.29) is 16.7 Å². The summed E-state index contributed by atoms with van der Waals surface area (Å²) in [4.78, 5) is 31.8. The van der Waals surface area contributed by atoms with Gasteiger partial charge in [0.2, 0.25) is 11.8 Å². The van der Waals surface area contributed by atoms with Gasteiger partial charge in [-0.25, -0.2) is 4.98 Å². The highest BCUT2D eigenvalue weighted by Crippen LogP contribution is 2.47. The predicted molar refractivity (Wildman–Crippen MR) is 108 cm³/mol. The number of fused-ring (bicyclic) bond motifs is 1. The molecule has 4 rings (SSSR count). The molecule has 2 aromatic rings. The molecule has 0 radical (unpaired) electrons. The molecule has 2 amide bonds. The van der Waals surface area contributed by atoms with E-state index in [2.05, 4.69) is 45.3 Å². The normalized spacial score (nSPS) is 24.8. The minimum absolute atomic E-state index is 0.0766. The summed E-state index contributed by atoms with van der Waals surface area (Å²) in [5.41, 5.74) is 1.19. The van der Waals surface area contributed by atoms with Gasteiger partial charge in [-0.05, 0) is 31.0 Å². The maximum atomic E-state index is 12.7. The molecule has 0 bridgehead atoms. The van der Waals surface area contributed by atoms with E-state index in [1.54, 1.807) is 22.9 Å². The summed E-state index contributed by atoms with van der Waals surface area (Å²) in [5.74, 6) is 0.583. The maximum Gasteiger partial charge on any atom is 0.249 e. The minimum Gasteiger partial charge on any atom is -0.315 e. The number of halogens is 1. The summed E-state index contributed by atoms with van der Waals surface area (Å²) in [6.07, 6.45) is 3.93. The highest BCUT2D eigenvalue weighted by Gasteiger charge is 2.52. The monoisotopic (exact) mass is 451 g/mol. The van der Waals surface area contributed by atoms with Crippen LogP contribution in [0.3, 0.4) is 0 Å². The number of carbonyl (C=O) groups is 2. The third kappa shape index (κ3) is 3.42. The molecular weight excluding hydrogens is 434 g/mol. The molecule has 2 aliphatic rings. The van der Waals surface area contributed by atoms with E-state index in [0.29, 0.717) is 17.3 Å². The highest BCUT2D eigenvalue weighted by atomic mass is 79.9. The van der Waals surface area contributed by atoms with Gasteiger partial charge in [0.05, 0.1) is 4.87 Å². The van der Waals surface area contributed by atoms with Gasteiger partial charge in [0, 0.05) is 34.1 Å². The van der Waals surface area contributed by atoms with Gasteiger partial charge in [-0.15, -0.1) is 23.1 Å². The van der Waals surface area contributed by atoms with Gasteiger partial charge in [-0.3, -0.25) is 9.59 Å². The van der Waals surface area contributed by atoms with Crippen LogP contribution in [-0.2, 0) is 16.0 Å². The number of amides is 2. The number of thiazole rings is 1. The van der Waals surface area contributed by atoms with Gasteiger partial charge in [0.15, 0.2) is 5.13 Å². The number of hydrogen-bond donors (Lipinski definition) is 1. The number of hydrogen-bond acceptors (Lipinski definition) is 5. The maximum absolute atomic E-state index is 12.7. The molecule has 1 aromatic heterocycles. The van der Waals surface area contributed by atoms with Crippen molar-refractivity contribution in [3.05, 3.63) is 45.4 Å². The quantitative estimate of drug-likeness (QED) is 0.765. The van der Waals surface area contributed by atoms with Crippen molar-refractivity contribution in [3.63, 3.8) is 0 Å². The fourth-order valence-corrected chi connectivity index (χ4v) is 6.00. The summed E-state index contributed by atoms with van der Waals surface area (Å²) in [7, 11) is 0. The number of anilines is 1. The van der Waals surface area contributed by atoms with E-state index in [1.807, 2.05) is 12.1 Å². The van der Waals surface area contributed by atoms with Crippen LogP contribution >= 0.6 is 39.0 Å². The third-order valence-electron chi connectivity index (χ3n) is 4.82. The molecular formula is C18H18BrN3O2S2. The lowest BCUT2D eigenvalue weighted by atomic mass is 10.1. The lowest BCUT2D eigenvalue weighted by Crippen LogP contribution is -2.48. The SMILES string of the molecule is C[C@]12CCC(=O)N1[C@@H](C(=O)Nc1ncc(Cc3ccc(Br)cc3)s1)CS2. The van der Waals surface area contributed by atoms with E-state index < -0.39 is 6.04 Å². The first-order valence-electron chi connectivity index (χ1n) is 8.41. The molecule has 2 saturated heterocycles. The molecule has 1 aromatic carbocycles. The number of thioether (sulfide) groups is 1. The number of rotatable bonds is 4. The van der Waals surface area contributed by atoms with Crippen molar-refractivity contribution in [2.24, 2.45) is 0 Å². The summed E-state index contributed by atoms with van der Waals surface area (Å²) < 4.78 is 1.05. The molecule has 1 N–H and O–H groups in total. The van der Waals surface area contributed by atoms with Gasteiger partial charge >= 0.3 is 0 Å². The van der Waals surface area contributed by atoms with E-state index >= 15 is 0 Å². The van der Waals surface area contributed by atoms with Gasteiger partial charge < -0.3 is 10.2 Å². The smallest absolute Gasteiger partial charge is 0.249 e. The predicted octanol–water partition coefficient (Wildman–Crippen LogP) is 3.89. The number of aromatic nitrogens is 1. The van der Waals surface area contributed by atoms with Crippen molar-refractivity contribution in [2.75, 3.05) is 11.1 Å². The van der Waals surface area contributed by atoms with Gasteiger partial charge in [0.1, 0.15) is 6.04 Å². The van der Waals surface area contributed by atoms with Crippen molar-refractivity contribution < 1.29 is 9.59 Å². The molecule has 136 valence electrons. The Bertz CT molecular complexity index is 854. The first kappa shape index (κ1) is 18.0. The fraction of sp³-hybridized carbons (Fsp3) is 0.389. The standard InChI is InChI=1S/C18H18BrN3O2S2/c1-18-7-6-15(23)22(18)14(10-25-18)16(24)21-17-20-9-13(26-17)8-11-2-4-12(19)5-3-11/h2-5,9,14H,6-8,10H2,1H3,(H,20,21,24)/t14-,18+/m1/s1. The van der Waals surface area contributed by atoms with E-state index in [1.165, 1.54) is 16.9 Å². The second-order valence-electron chi connectivity index (χ2n) is 6.69. The largest absolute Gasteiger partial charge is 0.315 e. The van der Waals surface area contributed by atoms with Crippen molar-refractivity contribution in [1.29, 1.82) is 0 Å². The van der Waals surface area contributed by atoms with Crippen LogP contribution in [0, 0.1) is 0 Å². The highest BCUT2D eigenvalue weighted by molar-refractivity contribution is 9.10. The topological polar surface area (TPSA) is 62.3 Å². The Kier molecular flexibility index (Phi) is 4.83. The van der Waals surface area contributed by atoms with Crippen LogP contribution in [0.5, 0.6) is 0 Å². The molecule has 0 unspecified atom stereocenters. The molecule has 0 aliphatic carbocycles. The first-order chi connectivity index (χ1) is 12.4. The Morgan fingerprint density at radius 2 is 2.19 bits per heavy atom. The molecule has 0 spiro atoms. The summed E-state index contributed by atoms with van der Waals surface area (Å²) in [5, 5.41) is 3.49. The van der Waals surface area contributed by atoms with Gasteiger partial charge in [-0.1, -0.05) is 28.1 Å². The van der Waals surface area contributed by atoms with E-state index in [4.69, 9.17) is 0 Å². The molecule has 2 atom stereocenters. The number of carbonyl (C=O) groups excluding carboxylic acids is 2. The number of benzene rings is 1. The fourth-order valence-electron chi connectivity index (χ4n) is 3.45.